The molecule has 4 heteroatoms. The summed E-state index contributed by atoms with van der Waals surface area (Å²) in [4.78, 5) is 4.52. The lowest BCUT2D eigenvalue weighted by atomic mass is 9.98. The Kier molecular flexibility index (Phi) is 10.6. The Hall–Kier alpha value is -6.52. The first-order chi connectivity index (χ1) is 26.2. The molecule has 7 aromatic rings. The third kappa shape index (κ3) is 8.40. The van der Waals surface area contributed by atoms with Crippen molar-refractivity contribution in [1.82, 2.24) is 0 Å². The Morgan fingerprint density at radius 2 is 0.519 bits per heavy atom. The summed E-state index contributed by atoms with van der Waals surface area (Å²) < 4.78 is 0. The topological polar surface area (TPSA) is 54.2 Å². The van der Waals surface area contributed by atoms with Gasteiger partial charge >= 0.3 is 0 Å². The van der Waals surface area contributed by atoms with E-state index in [0.29, 0.717) is 24.3 Å². The Morgan fingerprint density at radius 1 is 0.315 bits per heavy atom. The highest BCUT2D eigenvalue weighted by molar-refractivity contribution is 6.01. The molecule has 54 heavy (non-hydrogen) atoms. The van der Waals surface area contributed by atoms with E-state index in [1.165, 1.54) is 22.3 Å². The zero-order valence-corrected chi connectivity index (χ0v) is 31.5. The Labute approximate surface area is 320 Å². The second-order valence-electron chi connectivity index (χ2n) is 14.2. The van der Waals surface area contributed by atoms with Crippen LogP contribution in [0.25, 0.3) is 0 Å². The quantitative estimate of drug-likeness (QED) is 0.125. The van der Waals surface area contributed by atoms with Crippen molar-refractivity contribution in [2.45, 2.75) is 40.5 Å². The molecule has 0 radical (unpaired) electrons. The van der Waals surface area contributed by atoms with Crippen molar-refractivity contribution >= 4 is 45.5 Å². The van der Waals surface area contributed by atoms with Gasteiger partial charge < -0.3 is 20.6 Å². The molecule has 0 amide bonds. The highest BCUT2D eigenvalue weighted by Crippen LogP contribution is 2.36. The van der Waals surface area contributed by atoms with Crippen LogP contribution in [0, 0.1) is 38.5 Å². The Morgan fingerprint density at radius 3 is 0.796 bits per heavy atom. The minimum atomic E-state index is 0.520. The lowest BCUT2D eigenvalue weighted by Gasteiger charge is -2.26. The highest BCUT2D eigenvalue weighted by Gasteiger charge is 2.15. The SMILES string of the molecule is Cc1ccc(N(c2ccc(C)cc2)c2ccc(CC(=N)c3ccc(CC(=N)c4ccc(N(c5ccc(C)cc5)c5ccc(C)cc5)cc4)cc3)cc2)cc1. The van der Waals surface area contributed by atoms with Crippen molar-refractivity contribution in [2.75, 3.05) is 9.80 Å². The number of rotatable bonds is 12. The summed E-state index contributed by atoms with van der Waals surface area (Å²) in [5.41, 5.74) is 16.5. The van der Waals surface area contributed by atoms with Crippen molar-refractivity contribution < 1.29 is 0 Å². The van der Waals surface area contributed by atoms with Crippen LogP contribution in [0.15, 0.2) is 170 Å². The zero-order chi connectivity index (χ0) is 37.6. The van der Waals surface area contributed by atoms with E-state index in [2.05, 4.69) is 171 Å². The summed E-state index contributed by atoms with van der Waals surface area (Å²) in [7, 11) is 0. The van der Waals surface area contributed by atoms with Gasteiger partial charge in [0, 0.05) is 58.4 Å². The molecule has 0 aliphatic rings. The van der Waals surface area contributed by atoms with Crippen molar-refractivity contribution in [2.24, 2.45) is 0 Å². The van der Waals surface area contributed by atoms with Crippen molar-refractivity contribution in [3.05, 3.63) is 214 Å². The van der Waals surface area contributed by atoms with Gasteiger partial charge in [0.15, 0.2) is 0 Å². The summed E-state index contributed by atoms with van der Waals surface area (Å²) in [5, 5.41) is 17.8. The minimum Gasteiger partial charge on any atom is -0.311 e. The first kappa shape index (κ1) is 35.9. The maximum absolute atomic E-state index is 8.92. The second-order valence-corrected chi connectivity index (χ2v) is 14.2. The molecule has 0 bridgehead atoms. The molecule has 0 heterocycles. The monoisotopic (exact) mass is 702 g/mol. The molecule has 4 nitrogen and oxygen atoms in total. The van der Waals surface area contributed by atoms with Gasteiger partial charge in [-0.05, 0) is 123 Å². The van der Waals surface area contributed by atoms with Crippen LogP contribution in [-0.2, 0) is 12.8 Å². The third-order valence-electron chi connectivity index (χ3n) is 9.90. The Bertz CT molecular complexity index is 2250. The van der Waals surface area contributed by atoms with Crippen molar-refractivity contribution in [3.8, 4) is 0 Å². The maximum Gasteiger partial charge on any atom is 0.0462 e. The smallest absolute Gasteiger partial charge is 0.0462 e. The van der Waals surface area contributed by atoms with Gasteiger partial charge in [0.1, 0.15) is 0 Å². The molecule has 0 saturated carbocycles. The van der Waals surface area contributed by atoms with Crippen LogP contribution in [-0.4, -0.2) is 11.4 Å². The molecule has 0 atom stereocenters. The predicted molar refractivity (Wildman–Crippen MR) is 229 cm³/mol. The molecule has 0 unspecified atom stereocenters. The molecule has 0 fully saturated rings. The largest absolute Gasteiger partial charge is 0.311 e. The van der Waals surface area contributed by atoms with Gasteiger partial charge in [-0.3, -0.25) is 0 Å². The molecule has 266 valence electrons. The molecule has 0 saturated heterocycles. The fraction of sp³-hybridized carbons (Fsp3) is 0.120. The molecule has 0 spiro atoms. The third-order valence-corrected chi connectivity index (χ3v) is 9.90. The molecule has 7 rings (SSSR count). The summed E-state index contributed by atoms with van der Waals surface area (Å²) >= 11 is 0. The number of nitrogens with zero attached hydrogens (tertiary/aromatic N) is 2. The first-order valence-corrected chi connectivity index (χ1v) is 18.5. The van der Waals surface area contributed by atoms with Gasteiger partial charge in [0.25, 0.3) is 0 Å². The van der Waals surface area contributed by atoms with Crippen LogP contribution in [0.4, 0.5) is 34.1 Å². The van der Waals surface area contributed by atoms with E-state index in [-0.39, 0.29) is 0 Å². The van der Waals surface area contributed by atoms with Gasteiger partial charge in [0.2, 0.25) is 0 Å². The van der Waals surface area contributed by atoms with Crippen LogP contribution in [0.2, 0.25) is 0 Å². The minimum absolute atomic E-state index is 0.520. The van der Waals surface area contributed by atoms with Crippen LogP contribution in [0.1, 0.15) is 44.5 Å². The summed E-state index contributed by atoms with van der Waals surface area (Å²) in [6.45, 7) is 8.42. The molecule has 0 aliphatic carbocycles. The van der Waals surface area contributed by atoms with E-state index in [1.54, 1.807) is 0 Å². The van der Waals surface area contributed by atoms with E-state index in [9.17, 15) is 0 Å². The van der Waals surface area contributed by atoms with Gasteiger partial charge in [-0.15, -0.1) is 0 Å². The number of nitrogens with one attached hydrogen (secondary N) is 2. The zero-order valence-electron chi connectivity index (χ0n) is 31.5. The molecular formula is C50H46N4. The molecular weight excluding hydrogens is 657 g/mol. The number of hydrogen-bond donors (Lipinski definition) is 2. The van der Waals surface area contributed by atoms with Gasteiger partial charge in [-0.1, -0.05) is 119 Å². The van der Waals surface area contributed by atoms with Crippen molar-refractivity contribution in [3.63, 3.8) is 0 Å². The standard InChI is InChI=1S/C50H46N4/c1-35-5-21-43(22-6-35)53(44-23-7-36(2)8-24-44)47-29-15-40(16-30-47)34-49(51)41-17-13-39(14-18-41)33-50(52)42-19-31-48(32-20-42)54(45-25-9-37(3)10-26-45)46-27-11-38(4)12-28-46/h5-32,51-52H,33-34H2,1-4H3. The Balaban J connectivity index is 1.00. The molecule has 0 aromatic heterocycles. The van der Waals surface area contributed by atoms with E-state index < -0.39 is 0 Å². The van der Waals surface area contributed by atoms with E-state index in [4.69, 9.17) is 10.8 Å². The molecule has 2 N–H and O–H groups in total. The second kappa shape index (κ2) is 16.0. The van der Waals surface area contributed by atoms with E-state index in [1.807, 2.05) is 36.4 Å². The summed E-state index contributed by atoms with van der Waals surface area (Å²) in [6, 6.07) is 59.3. The van der Waals surface area contributed by atoms with Gasteiger partial charge in [-0.2, -0.15) is 0 Å². The van der Waals surface area contributed by atoms with E-state index >= 15 is 0 Å². The fourth-order valence-electron chi connectivity index (χ4n) is 6.68. The van der Waals surface area contributed by atoms with Crippen LogP contribution >= 0.6 is 0 Å². The van der Waals surface area contributed by atoms with Gasteiger partial charge in [-0.25, -0.2) is 0 Å². The predicted octanol–water partition coefficient (Wildman–Crippen LogP) is 13.1. The number of hydrogen-bond acceptors (Lipinski definition) is 4. The van der Waals surface area contributed by atoms with Crippen LogP contribution in [0.3, 0.4) is 0 Å². The lowest BCUT2D eigenvalue weighted by molar-refractivity contribution is 1.23. The number of anilines is 6. The van der Waals surface area contributed by atoms with Crippen LogP contribution < -0.4 is 9.80 Å². The van der Waals surface area contributed by atoms with Gasteiger partial charge in [0.05, 0.1) is 0 Å². The fourth-order valence-corrected chi connectivity index (χ4v) is 6.68. The number of aryl methyl sites for hydroxylation is 4. The normalized spacial score (nSPS) is 10.9. The molecule has 7 aromatic carbocycles. The highest BCUT2D eigenvalue weighted by atomic mass is 15.1. The average Bonchev–Trinajstić information content (AvgIpc) is 3.19. The van der Waals surface area contributed by atoms with E-state index in [0.717, 1.165) is 56.4 Å². The average molecular weight is 703 g/mol. The summed E-state index contributed by atoms with van der Waals surface area (Å²) in [6.07, 6.45) is 1.06. The molecule has 0 aliphatic heterocycles. The van der Waals surface area contributed by atoms with Crippen molar-refractivity contribution in [1.29, 1.82) is 10.8 Å². The maximum atomic E-state index is 8.92. The van der Waals surface area contributed by atoms with Crippen LogP contribution in [0.5, 0.6) is 0 Å². The summed E-state index contributed by atoms with van der Waals surface area (Å²) in [5.74, 6) is 0. The lowest BCUT2D eigenvalue weighted by Crippen LogP contribution is -2.11. The number of benzene rings is 7. The first-order valence-electron chi connectivity index (χ1n) is 18.5.